The van der Waals surface area contributed by atoms with Crippen LogP contribution in [0.1, 0.15) is 13.8 Å². The summed E-state index contributed by atoms with van der Waals surface area (Å²) in [5, 5.41) is 18.2. The van der Waals surface area contributed by atoms with Crippen LogP contribution in [0.25, 0.3) is 0 Å². The van der Waals surface area contributed by atoms with Gasteiger partial charge >= 0.3 is 23.7 Å². The zero-order chi connectivity index (χ0) is 11.2. The van der Waals surface area contributed by atoms with Gasteiger partial charge in [-0.05, 0) is 59.0 Å². The summed E-state index contributed by atoms with van der Waals surface area (Å²) in [6.07, 6.45) is 0. The van der Waals surface area contributed by atoms with Crippen LogP contribution < -0.4 is 0 Å². The van der Waals surface area contributed by atoms with Crippen LogP contribution in [0.15, 0.2) is 0 Å². The van der Waals surface area contributed by atoms with Crippen molar-refractivity contribution in [2.24, 2.45) is 0 Å². The fourth-order valence-electron chi connectivity index (χ4n) is 0.572. The van der Waals surface area contributed by atoms with E-state index in [2.05, 4.69) is 45.2 Å². The molecule has 15 heavy (non-hydrogen) atoms. The molecule has 0 saturated heterocycles. The van der Waals surface area contributed by atoms with Crippen molar-refractivity contribution in [1.29, 1.82) is 0 Å². The second-order valence-corrected chi connectivity index (χ2v) is 8.36. The predicted octanol–water partition coefficient (Wildman–Crippen LogP) is 0.390. The molecule has 0 aromatic rings. The molecule has 94 valence electrons. The normalized spacial score (nSPS) is 12.4. The molecule has 0 aliphatic carbocycles. The molecule has 0 aromatic heterocycles. The van der Waals surface area contributed by atoms with Gasteiger partial charge in [0.1, 0.15) is 5.60 Å². The van der Waals surface area contributed by atoms with E-state index in [1.807, 2.05) is 0 Å². The van der Waals surface area contributed by atoms with E-state index in [-0.39, 0.29) is 30.3 Å². The maximum absolute atomic E-state index is 9.73. The summed E-state index contributed by atoms with van der Waals surface area (Å²) in [6.45, 7) is 4.55. The van der Waals surface area contributed by atoms with Crippen molar-refractivity contribution in [1.82, 2.24) is 0 Å². The number of aliphatic hydroxyl groups is 2. The Labute approximate surface area is 134 Å². The van der Waals surface area contributed by atoms with Crippen LogP contribution in [-0.2, 0) is 9.47 Å². The molecule has 0 aromatic carbocycles. The average molecular weight is 560 g/mol. The Balaban J connectivity index is 0. The van der Waals surface area contributed by atoms with E-state index < -0.39 is 7.22 Å². The van der Waals surface area contributed by atoms with Crippen molar-refractivity contribution in [3.05, 3.63) is 0 Å². The molecule has 0 aliphatic rings. The molecule has 0 fully saturated rings. The minimum absolute atomic E-state index is 0. The van der Waals surface area contributed by atoms with Crippen LogP contribution in [0.4, 0.5) is 0 Å². The molecule has 0 amide bonds. The second-order valence-electron chi connectivity index (χ2n) is 3.26. The zero-order valence-corrected chi connectivity index (χ0v) is 16.0. The Bertz CT molecular complexity index is 161. The zero-order valence-electron chi connectivity index (χ0n) is 8.80. The maximum atomic E-state index is 9.73. The molecule has 0 heterocycles. The summed E-state index contributed by atoms with van der Waals surface area (Å²) < 4.78 is 9.82. The van der Waals surface area contributed by atoms with Gasteiger partial charge in [-0.25, -0.2) is 0 Å². The molecule has 0 rings (SSSR count). The third kappa shape index (κ3) is 8.76. The number of ether oxygens (including phenoxy) is 2. The van der Waals surface area contributed by atoms with Crippen molar-refractivity contribution < 1.29 is 19.7 Å². The number of rotatable bonds is 7. The van der Waals surface area contributed by atoms with E-state index in [0.717, 1.165) is 0 Å². The molecule has 0 saturated carbocycles. The molecule has 2 N–H and O–H groups in total. The van der Waals surface area contributed by atoms with Gasteiger partial charge in [0.2, 0.25) is 0 Å². The quantitative estimate of drug-likeness (QED) is 0.205. The third-order valence-electron chi connectivity index (χ3n) is 1.46. The number of halogens is 2. The first-order chi connectivity index (χ1) is 6.31. The second kappa shape index (κ2) is 9.08. The van der Waals surface area contributed by atoms with E-state index in [1.54, 1.807) is 13.8 Å². The van der Waals surface area contributed by atoms with Crippen LogP contribution in [0.2, 0.25) is 0 Å². The van der Waals surface area contributed by atoms with Crippen LogP contribution in [-0.4, -0.2) is 67.5 Å². The summed E-state index contributed by atoms with van der Waals surface area (Å²) >= 11 is 4.11. The molecule has 0 unspecified atom stereocenters. The molecular weight excluding hydrogens is 541 g/mol. The average Bonchev–Trinajstić information content (AvgIpc) is 2.02. The first-order valence-electron chi connectivity index (χ1n) is 4.24. The Hall–Kier alpha value is 2.09. The van der Waals surface area contributed by atoms with E-state index >= 15 is 0 Å². The van der Waals surface area contributed by atoms with Gasteiger partial charge < -0.3 is 19.7 Å². The van der Waals surface area contributed by atoms with Gasteiger partial charge in [-0.3, -0.25) is 0 Å². The molecule has 0 bridgehead atoms. The van der Waals surface area contributed by atoms with E-state index in [1.165, 1.54) is 0 Å². The first-order valence-corrected chi connectivity index (χ1v) is 6.40. The molecular formula is C8H18I2O4Te. The van der Waals surface area contributed by atoms with Gasteiger partial charge in [-0.2, -0.15) is 0 Å². The molecule has 4 nitrogen and oxygen atoms in total. The number of aliphatic hydroxyl groups excluding tert-OH is 1. The fourth-order valence-corrected chi connectivity index (χ4v) is 1.01. The summed E-state index contributed by atoms with van der Waals surface area (Å²) in [5.74, 6) is 0. The van der Waals surface area contributed by atoms with Crippen molar-refractivity contribution >= 4 is 68.8 Å². The number of alkyl halides is 2. The van der Waals surface area contributed by atoms with Gasteiger partial charge in [-0.15, -0.1) is 0 Å². The van der Waals surface area contributed by atoms with Crippen LogP contribution >= 0.6 is 45.2 Å². The topological polar surface area (TPSA) is 58.9 Å². The summed E-state index contributed by atoms with van der Waals surface area (Å²) in [4.78, 5) is 0. The summed E-state index contributed by atoms with van der Waals surface area (Å²) in [5.41, 5.74) is -0.912. The monoisotopic (exact) mass is 562 g/mol. The van der Waals surface area contributed by atoms with E-state index in [0.29, 0.717) is 19.8 Å². The minimum atomic E-state index is -0.912. The summed E-state index contributed by atoms with van der Waals surface area (Å²) in [6, 6.07) is 0. The van der Waals surface area contributed by atoms with Gasteiger partial charge in [0, 0.05) is 0 Å². The van der Waals surface area contributed by atoms with E-state index in [9.17, 15) is 5.11 Å². The van der Waals surface area contributed by atoms with Gasteiger partial charge in [0.15, 0.2) is 1.61 Å². The van der Waals surface area contributed by atoms with Crippen molar-refractivity contribution in [3.63, 3.8) is 0 Å². The van der Waals surface area contributed by atoms with Gasteiger partial charge in [0.25, 0.3) is 0 Å². The van der Waals surface area contributed by atoms with E-state index in [4.69, 9.17) is 14.6 Å². The first kappa shape index (κ1) is 19.4. The summed E-state index contributed by atoms with van der Waals surface area (Å²) in [7, 11) is 0. The van der Waals surface area contributed by atoms with Crippen LogP contribution in [0.3, 0.4) is 0 Å². The van der Waals surface area contributed by atoms with Crippen molar-refractivity contribution in [2.75, 3.05) is 26.4 Å². The number of hydrogen-bond donors (Lipinski definition) is 2. The number of hydrogen-bond acceptors (Lipinski definition) is 4. The molecule has 0 atom stereocenters. The Morgan fingerprint density at radius 1 is 1.13 bits per heavy atom. The molecule has 0 aliphatic heterocycles. The standard InChI is InChI=1S/C8H16I2O4.H2Te/c1-7(2,12)8(9,10)14-6-5-13-4-3-11;/h11-12H,3-6H2,1-2H3;1H2. The fraction of sp³-hybridized carbons (Fsp3) is 1.00. The van der Waals surface area contributed by atoms with Crippen LogP contribution in [0, 0.1) is 0 Å². The Morgan fingerprint density at radius 2 is 1.67 bits per heavy atom. The third-order valence-corrected chi connectivity index (χ3v) is 4.72. The Kier molecular flexibility index (Phi) is 11.8. The molecule has 7 heteroatoms. The van der Waals surface area contributed by atoms with Crippen LogP contribution in [0.5, 0.6) is 0 Å². The van der Waals surface area contributed by atoms with Crippen molar-refractivity contribution in [2.45, 2.75) is 21.1 Å². The van der Waals surface area contributed by atoms with Gasteiger partial charge in [0.05, 0.1) is 26.4 Å². The molecule has 0 radical (unpaired) electrons. The molecule has 0 spiro atoms. The Morgan fingerprint density at radius 3 is 2.07 bits per heavy atom. The van der Waals surface area contributed by atoms with Gasteiger partial charge in [-0.1, -0.05) is 0 Å². The predicted molar refractivity (Wildman–Crippen MR) is 79.5 cm³/mol. The van der Waals surface area contributed by atoms with Crippen molar-refractivity contribution in [3.8, 4) is 0 Å². The SMILES string of the molecule is CC(C)(O)C(I)(I)OCCOCCO.[TeH2].